The van der Waals surface area contributed by atoms with Gasteiger partial charge in [0.2, 0.25) is 11.8 Å². The Hall–Kier alpha value is -4.20. The first kappa shape index (κ1) is 22.5. The summed E-state index contributed by atoms with van der Waals surface area (Å²) in [4.78, 5) is 20.0. The van der Waals surface area contributed by atoms with E-state index in [4.69, 9.17) is 10.5 Å². The number of nitrogens with zero attached hydrogens (tertiary/aromatic N) is 4. The summed E-state index contributed by atoms with van der Waals surface area (Å²) >= 11 is 0. The Morgan fingerprint density at radius 2 is 1.97 bits per heavy atom. The Labute approximate surface area is 187 Å². The first-order valence-corrected chi connectivity index (χ1v) is 10.0. The number of carbonyl (C=O) groups excluding carboxylic acids is 1. The fraction of sp³-hybridized carbons (Fsp3) is 0.167. The van der Waals surface area contributed by atoms with Crippen molar-refractivity contribution in [2.45, 2.75) is 27.7 Å². The highest BCUT2D eigenvalue weighted by Crippen LogP contribution is 2.27. The Bertz CT molecular complexity index is 1220. The summed E-state index contributed by atoms with van der Waals surface area (Å²) in [6.45, 7) is 11.3. The summed E-state index contributed by atoms with van der Waals surface area (Å²) in [6, 6.07) is 12.5. The van der Waals surface area contributed by atoms with Gasteiger partial charge < -0.3 is 15.8 Å². The summed E-state index contributed by atoms with van der Waals surface area (Å²) < 4.78 is 7.90. The molecule has 0 aliphatic rings. The molecule has 3 N–H and O–H groups in total. The SMILES string of the molecule is C=N/C(=C\C(=C/C)Oc1c(C)c(C)nn1-c1cccc(C)n1)Nc1cccc(C(N)=O)c1. The predicted molar refractivity (Wildman–Crippen MR) is 126 cm³/mol. The second-order valence-electron chi connectivity index (χ2n) is 7.12. The van der Waals surface area contributed by atoms with E-state index < -0.39 is 5.91 Å². The standard InChI is InChI=1S/C24H26N6O2/c1-6-20(14-21(26-5)28-19-11-8-10-18(13-19)23(25)31)32-24-16(3)17(4)29-30(24)22-12-7-9-15(2)27-22/h6-14,28H,5H2,1-4H3,(H2,25,31)/b20-6+,21-14+. The van der Waals surface area contributed by atoms with Crippen molar-refractivity contribution in [1.82, 2.24) is 14.8 Å². The highest BCUT2D eigenvalue weighted by molar-refractivity contribution is 5.93. The second kappa shape index (κ2) is 9.74. The number of primary amides is 1. The lowest BCUT2D eigenvalue weighted by Crippen LogP contribution is -2.11. The zero-order valence-corrected chi connectivity index (χ0v) is 18.6. The molecule has 32 heavy (non-hydrogen) atoms. The summed E-state index contributed by atoms with van der Waals surface area (Å²) in [7, 11) is 0. The molecule has 0 saturated carbocycles. The van der Waals surface area contributed by atoms with Gasteiger partial charge in [-0.1, -0.05) is 12.1 Å². The third-order valence-corrected chi connectivity index (χ3v) is 4.76. The van der Waals surface area contributed by atoms with Gasteiger partial charge in [0, 0.05) is 28.6 Å². The van der Waals surface area contributed by atoms with Gasteiger partial charge in [0.15, 0.2) is 5.82 Å². The second-order valence-corrected chi connectivity index (χ2v) is 7.12. The van der Waals surface area contributed by atoms with E-state index in [2.05, 4.69) is 27.1 Å². The van der Waals surface area contributed by atoms with E-state index in [1.807, 2.05) is 52.0 Å². The average Bonchev–Trinajstić information content (AvgIpc) is 3.06. The van der Waals surface area contributed by atoms with Crippen LogP contribution in [-0.2, 0) is 0 Å². The number of aliphatic imine (C=N–C) groups is 1. The van der Waals surface area contributed by atoms with E-state index in [-0.39, 0.29) is 0 Å². The molecule has 164 valence electrons. The monoisotopic (exact) mass is 430 g/mol. The van der Waals surface area contributed by atoms with Gasteiger partial charge in [0.25, 0.3) is 0 Å². The number of allylic oxidation sites excluding steroid dienone is 2. The topological polar surface area (TPSA) is 107 Å². The van der Waals surface area contributed by atoms with Crippen LogP contribution in [0.1, 0.15) is 34.2 Å². The average molecular weight is 431 g/mol. The van der Waals surface area contributed by atoms with Crippen molar-refractivity contribution < 1.29 is 9.53 Å². The van der Waals surface area contributed by atoms with E-state index in [1.165, 1.54) is 0 Å². The normalized spacial score (nSPS) is 11.9. The van der Waals surface area contributed by atoms with Crippen molar-refractivity contribution in [3.63, 3.8) is 0 Å². The number of anilines is 1. The number of pyridine rings is 1. The molecule has 0 fully saturated rings. The fourth-order valence-electron chi connectivity index (χ4n) is 2.94. The van der Waals surface area contributed by atoms with Crippen molar-refractivity contribution in [2.24, 2.45) is 10.7 Å². The molecule has 0 radical (unpaired) electrons. The molecule has 0 aliphatic heterocycles. The number of ether oxygens (including phenoxy) is 1. The minimum Gasteiger partial charge on any atom is -0.439 e. The molecular weight excluding hydrogens is 404 g/mol. The van der Waals surface area contributed by atoms with Crippen LogP contribution in [-0.4, -0.2) is 27.4 Å². The number of hydrogen-bond donors (Lipinski definition) is 2. The lowest BCUT2D eigenvalue weighted by molar-refractivity contribution is 0.100. The van der Waals surface area contributed by atoms with Gasteiger partial charge in [-0.3, -0.25) is 4.79 Å². The third kappa shape index (κ3) is 5.10. The van der Waals surface area contributed by atoms with Crippen LogP contribution in [0.25, 0.3) is 5.82 Å². The maximum Gasteiger partial charge on any atom is 0.248 e. The van der Waals surface area contributed by atoms with Gasteiger partial charge in [-0.05, 0) is 70.8 Å². The molecule has 2 aromatic heterocycles. The van der Waals surface area contributed by atoms with Crippen LogP contribution in [0.15, 0.2) is 71.2 Å². The van der Waals surface area contributed by atoms with Crippen LogP contribution in [0.2, 0.25) is 0 Å². The summed E-state index contributed by atoms with van der Waals surface area (Å²) in [5, 5.41) is 7.70. The molecule has 0 spiro atoms. The lowest BCUT2D eigenvalue weighted by atomic mass is 10.2. The molecule has 8 heteroatoms. The van der Waals surface area contributed by atoms with Crippen molar-refractivity contribution >= 4 is 18.3 Å². The van der Waals surface area contributed by atoms with Crippen LogP contribution in [0, 0.1) is 20.8 Å². The quantitative estimate of drug-likeness (QED) is 0.316. The maximum atomic E-state index is 11.4. The predicted octanol–water partition coefficient (Wildman–Crippen LogP) is 4.23. The van der Waals surface area contributed by atoms with Crippen molar-refractivity contribution in [2.75, 3.05) is 5.32 Å². The highest BCUT2D eigenvalue weighted by Gasteiger charge is 2.17. The number of hydrogen-bond acceptors (Lipinski definition) is 6. The third-order valence-electron chi connectivity index (χ3n) is 4.76. The largest absolute Gasteiger partial charge is 0.439 e. The van der Waals surface area contributed by atoms with Gasteiger partial charge >= 0.3 is 0 Å². The molecule has 1 aromatic carbocycles. The van der Waals surface area contributed by atoms with E-state index >= 15 is 0 Å². The number of aromatic nitrogens is 3. The molecule has 1 amide bonds. The van der Waals surface area contributed by atoms with Gasteiger partial charge in [0.1, 0.15) is 11.6 Å². The summed E-state index contributed by atoms with van der Waals surface area (Å²) in [5.74, 6) is 1.69. The van der Waals surface area contributed by atoms with E-state index in [9.17, 15) is 4.79 Å². The molecule has 8 nitrogen and oxygen atoms in total. The summed E-state index contributed by atoms with van der Waals surface area (Å²) in [6.07, 6.45) is 3.52. The first-order chi connectivity index (χ1) is 15.3. The zero-order valence-electron chi connectivity index (χ0n) is 18.6. The number of amides is 1. The molecular formula is C24H26N6O2. The van der Waals surface area contributed by atoms with Gasteiger partial charge in [0.05, 0.1) is 5.69 Å². The smallest absolute Gasteiger partial charge is 0.248 e. The number of nitrogens with one attached hydrogen (secondary N) is 1. The van der Waals surface area contributed by atoms with Crippen LogP contribution in [0.5, 0.6) is 5.88 Å². The molecule has 3 aromatic rings. The minimum absolute atomic E-state index is 0.390. The van der Waals surface area contributed by atoms with E-state index in [0.717, 1.165) is 17.0 Å². The van der Waals surface area contributed by atoms with Gasteiger partial charge in [-0.2, -0.15) is 9.78 Å². The van der Waals surface area contributed by atoms with Crippen LogP contribution in [0.3, 0.4) is 0 Å². The number of aryl methyl sites for hydroxylation is 2. The van der Waals surface area contributed by atoms with Gasteiger partial charge in [-0.25, -0.2) is 9.98 Å². The Kier molecular flexibility index (Phi) is 6.84. The van der Waals surface area contributed by atoms with Crippen molar-refractivity contribution in [3.8, 4) is 11.7 Å². The van der Waals surface area contributed by atoms with E-state index in [1.54, 1.807) is 35.0 Å². The zero-order chi connectivity index (χ0) is 23.3. The van der Waals surface area contributed by atoms with Crippen LogP contribution in [0.4, 0.5) is 5.69 Å². The Balaban J connectivity index is 1.91. The Morgan fingerprint density at radius 1 is 1.22 bits per heavy atom. The van der Waals surface area contributed by atoms with Crippen LogP contribution < -0.4 is 15.8 Å². The van der Waals surface area contributed by atoms with E-state index in [0.29, 0.717) is 34.5 Å². The molecule has 0 unspecified atom stereocenters. The number of carbonyl (C=O) groups is 1. The molecule has 0 bridgehead atoms. The van der Waals surface area contributed by atoms with Gasteiger partial charge in [-0.15, -0.1) is 0 Å². The number of benzene rings is 1. The number of rotatable bonds is 8. The fourth-order valence-corrected chi connectivity index (χ4v) is 2.94. The lowest BCUT2D eigenvalue weighted by Gasteiger charge is -2.12. The van der Waals surface area contributed by atoms with Crippen molar-refractivity contribution in [3.05, 3.63) is 88.7 Å². The summed E-state index contributed by atoms with van der Waals surface area (Å²) in [5.41, 5.74) is 9.02. The van der Waals surface area contributed by atoms with Crippen molar-refractivity contribution in [1.29, 1.82) is 0 Å². The minimum atomic E-state index is -0.507. The molecule has 2 heterocycles. The number of nitrogens with two attached hydrogens (primary N) is 1. The maximum absolute atomic E-state index is 11.4. The molecule has 3 rings (SSSR count). The van der Waals surface area contributed by atoms with Crippen LogP contribution >= 0.6 is 0 Å². The molecule has 0 atom stereocenters. The molecule has 0 saturated heterocycles. The molecule has 0 aliphatic carbocycles. The Morgan fingerprint density at radius 3 is 2.62 bits per heavy atom. The highest BCUT2D eigenvalue weighted by atomic mass is 16.5. The first-order valence-electron chi connectivity index (χ1n) is 10.0.